The molecule has 1 heterocycles. The summed E-state index contributed by atoms with van der Waals surface area (Å²) in [7, 11) is 1.71. The molecule has 1 saturated heterocycles. The Balaban J connectivity index is 1.93. The molecule has 2 unspecified atom stereocenters. The van der Waals surface area contributed by atoms with Crippen LogP contribution in [0.15, 0.2) is 24.3 Å². The zero-order chi connectivity index (χ0) is 12.3. The fourth-order valence-corrected chi connectivity index (χ4v) is 2.60. The van der Waals surface area contributed by atoms with Gasteiger partial charge in [0.15, 0.2) is 0 Å². The maximum absolute atomic E-state index is 5.17. The number of hydrogen-bond donors (Lipinski definition) is 1. The Bertz CT molecular complexity index is 360. The average Bonchev–Trinajstić information content (AvgIpc) is 2.68. The number of benzene rings is 1. The summed E-state index contributed by atoms with van der Waals surface area (Å²) in [6.07, 6.45) is 3.71. The van der Waals surface area contributed by atoms with Crippen LogP contribution in [0.1, 0.15) is 32.3 Å². The Morgan fingerprint density at radius 1 is 1.35 bits per heavy atom. The number of methoxy groups -OCH3 is 1. The molecule has 0 aliphatic carbocycles. The van der Waals surface area contributed by atoms with E-state index in [-0.39, 0.29) is 0 Å². The van der Waals surface area contributed by atoms with Crippen molar-refractivity contribution in [2.75, 3.05) is 13.7 Å². The molecule has 0 amide bonds. The highest BCUT2D eigenvalue weighted by Gasteiger charge is 2.34. The second-order valence-corrected chi connectivity index (χ2v) is 5.43. The molecule has 0 saturated carbocycles. The molecule has 1 aliphatic rings. The van der Waals surface area contributed by atoms with Gasteiger partial charge in [-0.05, 0) is 55.8 Å². The van der Waals surface area contributed by atoms with Gasteiger partial charge in [-0.2, -0.15) is 0 Å². The second-order valence-electron chi connectivity index (χ2n) is 5.43. The van der Waals surface area contributed by atoms with Gasteiger partial charge in [-0.1, -0.05) is 19.1 Å². The molecule has 17 heavy (non-hydrogen) atoms. The Hall–Kier alpha value is -1.02. The van der Waals surface area contributed by atoms with Crippen LogP contribution in [0.4, 0.5) is 0 Å². The molecule has 0 bridgehead atoms. The summed E-state index contributed by atoms with van der Waals surface area (Å²) in [5.41, 5.74) is 1.87. The number of aryl methyl sites for hydroxylation is 1. The number of ether oxygens (including phenoxy) is 1. The lowest BCUT2D eigenvalue weighted by molar-refractivity contribution is 0.271. The smallest absolute Gasteiger partial charge is 0.118 e. The highest BCUT2D eigenvalue weighted by molar-refractivity contribution is 5.27. The molecule has 1 aliphatic heterocycles. The quantitative estimate of drug-likeness (QED) is 0.863. The molecule has 2 rings (SSSR count). The van der Waals surface area contributed by atoms with E-state index in [2.05, 4.69) is 31.3 Å². The average molecular weight is 233 g/mol. The van der Waals surface area contributed by atoms with Gasteiger partial charge in [0, 0.05) is 6.04 Å². The SMILES string of the molecule is COc1ccc(CCC2(C)CCNC2C)cc1. The van der Waals surface area contributed by atoms with E-state index in [1.807, 2.05) is 12.1 Å². The summed E-state index contributed by atoms with van der Waals surface area (Å²) in [6.45, 7) is 5.88. The van der Waals surface area contributed by atoms with E-state index < -0.39 is 0 Å². The summed E-state index contributed by atoms with van der Waals surface area (Å²) in [4.78, 5) is 0. The molecule has 0 radical (unpaired) electrons. The van der Waals surface area contributed by atoms with Crippen LogP contribution in [0.25, 0.3) is 0 Å². The molecular weight excluding hydrogens is 210 g/mol. The summed E-state index contributed by atoms with van der Waals surface area (Å²) in [5, 5.41) is 3.54. The van der Waals surface area contributed by atoms with Crippen molar-refractivity contribution in [3.05, 3.63) is 29.8 Å². The first-order chi connectivity index (χ1) is 8.14. The standard InChI is InChI=1S/C15H23NO/c1-12-15(2,10-11-16-12)9-8-13-4-6-14(17-3)7-5-13/h4-7,12,16H,8-11H2,1-3H3. The second kappa shape index (κ2) is 5.09. The fraction of sp³-hybridized carbons (Fsp3) is 0.600. The highest BCUT2D eigenvalue weighted by Crippen LogP contribution is 2.35. The molecule has 0 aromatic heterocycles. The molecule has 1 aromatic carbocycles. The normalized spacial score (nSPS) is 28.3. The molecule has 1 fully saturated rings. The van der Waals surface area contributed by atoms with E-state index in [0.717, 1.165) is 12.2 Å². The summed E-state index contributed by atoms with van der Waals surface area (Å²) < 4.78 is 5.17. The van der Waals surface area contributed by atoms with E-state index in [1.54, 1.807) is 7.11 Å². The van der Waals surface area contributed by atoms with Crippen molar-refractivity contribution < 1.29 is 4.74 Å². The third kappa shape index (κ3) is 2.81. The highest BCUT2D eigenvalue weighted by atomic mass is 16.5. The lowest BCUT2D eigenvalue weighted by Crippen LogP contribution is -2.31. The lowest BCUT2D eigenvalue weighted by Gasteiger charge is -2.28. The zero-order valence-electron chi connectivity index (χ0n) is 11.1. The Morgan fingerprint density at radius 2 is 2.06 bits per heavy atom. The largest absolute Gasteiger partial charge is 0.497 e. The molecule has 2 nitrogen and oxygen atoms in total. The van der Waals surface area contributed by atoms with Crippen LogP contribution in [-0.2, 0) is 6.42 Å². The van der Waals surface area contributed by atoms with Crippen molar-refractivity contribution in [1.29, 1.82) is 0 Å². The van der Waals surface area contributed by atoms with Gasteiger partial charge in [-0.3, -0.25) is 0 Å². The minimum Gasteiger partial charge on any atom is -0.497 e. The predicted molar refractivity (Wildman–Crippen MR) is 71.5 cm³/mol. The van der Waals surface area contributed by atoms with E-state index in [1.165, 1.54) is 24.9 Å². The predicted octanol–water partition coefficient (Wildman–Crippen LogP) is 3.02. The number of hydrogen-bond acceptors (Lipinski definition) is 2. The Morgan fingerprint density at radius 3 is 2.59 bits per heavy atom. The van der Waals surface area contributed by atoms with Crippen LogP contribution in [0.5, 0.6) is 5.75 Å². The molecule has 1 aromatic rings. The van der Waals surface area contributed by atoms with Crippen molar-refractivity contribution in [2.45, 2.75) is 39.2 Å². The zero-order valence-corrected chi connectivity index (χ0v) is 11.1. The van der Waals surface area contributed by atoms with Crippen LogP contribution in [-0.4, -0.2) is 19.7 Å². The maximum atomic E-state index is 5.17. The molecule has 94 valence electrons. The first-order valence-corrected chi connectivity index (χ1v) is 6.50. The van der Waals surface area contributed by atoms with Crippen molar-refractivity contribution in [2.24, 2.45) is 5.41 Å². The van der Waals surface area contributed by atoms with E-state index in [0.29, 0.717) is 11.5 Å². The van der Waals surface area contributed by atoms with Gasteiger partial charge in [0.2, 0.25) is 0 Å². The van der Waals surface area contributed by atoms with E-state index in [4.69, 9.17) is 4.74 Å². The Kier molecular flexibility index (Phi) is 3.72. The first kappa shape index (κ1) is 12.4. The van der Waals surface area contributed by atoms with E-state index in [9.17, 15) is 0 Å². The van der Waals surface area contributed by atoms with Crippen LogP contribution < -0.4 is 10.1 Å². The molecular formula is C15H23NO. The molecule has 2 atom stereocenters. The molecule has 1 N–H and O–H groups in total. The topological polar surface area (TPSA) is 21.3 Å². The lowest BCUT2D eigenvalue weighted by atomic mass is 9.78. The monoisotopic (exact) mass is 233 g/mol. The van der Waals surface area contributed by atoms with Crippen molar-refractivity contribution in [3.8, 4) is 5.75 Å². The van der Waals surface area contributed by atoms with Crippen molar-refractivity contribution in [3.63, 3.8) is 0 Å². The Labute approximate surface area is 104 Å². The van der Waals surface area contributed by atoms with Gasteiger partial charge >= 0.3 is 0 Å². The van der Waals surface area contributed by atoms with Crippen LogP contribution in [0.3, 0.4) is 0 Å². The first-order valence-electron chi connectivity index (χ1n) is 6.50. The van der Waals surface area contributed by atoms with Gasteiger partial charge in [0.25, 0.3) is 0 Å². The number of nitrogens with one attached hydrogen (secondary N) is 1. The minimum absolute atomic E-state index is 0.458. The summed E-state index contributed by atoms with van der Waals surface area (Å²) >= 11 is 0. The van der Waals surface area contributed by atoms with Gasteiger partial charge < -0.3 is 10.1 Å². The van der Waals surface area contributed by atoms with Crippen LogP contribution >= 0.6 is 0 Å². The number of rotatable bonds is 4. The van der Waals surface area contributed by atoms with Gasteiger partial charge in [-0.25, -0.2) is 0 Å². The third-order valence-electron chi connectivity index (χ3n) is 4.34. The molecule has 0 spiro atoms. The molecule has 2 heteroatoms. The van der Waals surface area contributed by atoms with Crippen molar-refractivity contribution >= 4 is 0 Å². The summed E-state index contributed by atoms with van der Waals surface area (Å²) in [6, 6.07) is 9.09. The van der Waals surface area contributed by atoms with Gasteiger partial charge in [0.05, 0.1) is 7.11 Å². The van der Waals surface area contributed by atoms with Crippen molar-refractivity contribution in [1.82, 2.24) is 5.32 Å². The third-order valence-corrected chi connectivity index (χ3v) is 4.34. The van der Waals surface area contributed by atoms with Crippen LogP contribution in [0, 0.1) is 5.41 Å². The van der Waals surface area contributed by atoms with E-state index >= 15 is 0 Å². The fourth-order valence-electron chi connectivity index (χ4n) is 2.60. The minimum atomic E-state index is 0.458. The van der Waals surface area contributed by atoms with Gasteiger partial charge in [-0.15, -0.1) is 0 Å². The maximum Gasteiger partial charge on any atom is 0.118 e. The van der Waals surface area contributed by atoms with Crippen LogP contribution in [0.2, 0.25) is 0 Å². The van der Waals surface area contributed by atoms with Gasteiger partial charge in [0.1, 0.15) is 5.75 Å². The summed E-state index contributed by atoms with van der Waals surface area (Å²) in [5.74, 6) is 0.941.